The molecule has 0 aliphatic heterocycles. The van der Waals surface area contributed by atoms with E-state index in [0.717, 1.165) is 22.1 Å². The van der Waals surface area contributed by atoms with Gasteiger partial charge in [-0.15, -0.1) is 0 Å². The lowest BCUT2D eigenvalue weighted by Crippen LogP contribution is -2.08. The van der Waals surface area contributed by atoms with Crippen LogP contribution in [0.3, 0.4) is 0 Å². The van der Waals surface area contributed by atoms with Gasteiger partial charge in [0.15, 0.2) is 0 Å². The maximum absolute atomic E-state index is 9.29. The van der Waals surface area contributed by atoms with Gasteiger partial charge in [-0.1, -0.05) is 36.4 Å². The molecular formula is C25H19N3. The average Bonchev–Trinajstić information content (AvgIpc) is 3.12. The Bertz CT molecular complexity index is 1380. The van der Waals surface area contributed by atoms with Gasteiger partial charge >= 0.3 is 0 Å². The summed E-state index contributed by atoms with van der Waals surface area (Å²) in [6.07, 6.45) is 0. The summed E-state index contributed by atoms with van der Waals surface area (Å²) in [5.74, 6) is 0. The van der Waals surface area contributed by atoms with E-state index in [4.69, 9.17) is 0 Å². The summed E-state index contributed by atoms with van der Waals surface area (Å²) in [4.78, 5) is 2.11. The number of pyridine rings is 1. The van der Waals surface area contributed by atoms with Gasteiger partial charge in [0, 0.05) is 30.6 Å². The first-order valence-electron chi connectivity index (χ1n) is 9.30. The number of rotatable bonds is 2. The summed E-state index contributed by atoms with van der Waals surface area (Å²) in [6, 6.07) is 29.7. The van der Waals surface area contributed by atoms with Crippen molar-refractivity contribution in [2.75, 3.05) is 19.0 Å². The Balaban J connectivity index is 1.90. The van der Waals surface area contributed by atoms with Gasteiger partial charge in [0.05, 0.1) is 28.4 Å². The standard InChI is InChI=1S/C25H19N3/c1-27(2)21-10-8-18(9-11-21)24-14-19-5-3-4-6-22(19)25-15-20-13-17(16-26)7-12-23(20)28(24)25/h3-15H,1-2H3. The fourth-order valence-electron chi connectivity index (χ4n) is 3.95. The van der Waals surface area contributed by atoms with Crippen molar-refractivity contribution in [3.05, 3.63) is 84.4 Å². The molecule has 0 fully saturated rings. The van der Waals surface area contributed by atoms with Crippen molar-refractivity contribution in [1.82, 2.24) is 4.40 Å². The lowest BCUT2D eigenvalue weighted by molar-refractivity contribution is 1.13. The fraction of sp³-hybridized carbons (Fsp3) is 0.0800. The van der Waals surface area contributed by atoms with E-state index in [0.29, 0.717) is 5.56 Å². The molecular weight excluding hydrogens is 342 g/mol. The predicted octanol–water partition coefficient (Wildman–Crippen LogP) is 5.85. The van der Waals surface area contributed by atoms with Crippen LogP contribution in [-0.4, -0.2) is 18.5 Å². The quantitative estimate of drug-likeness (QED) is 0.395. The minimum atomic E-state index is 0.685. The molecule has 5 aromatic rings. The van der Waals surface area contributed by atoms with Crippen LogP contribution in [0.25, 0.3) is 38.4 Å². The van der Waals surface area contributed by atoms with Crippen LogP contribution < -0.4 is 4.90 Å². The van der Waals surface area contributed by atoms with E-state index in [2.05, 4.69) is 90.1 Å². The summed E-state index contributed by atoms with van der Waals surface area (Å²) >= 11 is 0. The van der Waals surface area contributed by atoms with E-state index >= 15 is 0 Å². The number of nitriles is 1. The number of aromatic nitrogens is 1. The lowest BCUT2D eigenvalue weighted by Gasteiger charge is -2.15. The zero-order chi connectivity index (χ0) is 19.3. The Hall–Kier alpha value is -3.77. The third-order valence-electron chi connectivity index (χ3n) is 5.38. The topological polar surface area (TPSA) is 31.4 Å². The molecule has 3 aromatic carbocycles. The highest BCUT2D eigenvalue weighted by Gasteiger charge is 2.13. The first kappa shape index (κ1) is 16.4. The Morgan fingerprint density at radius 1 is 0.786 bits per heavy atom. The molecule has 0 unspecified atom stereocenters. The SMILES string of the molecule is CN(C)c1ccc(-c2cc3ccccc3c3cc4cc(C#N)ccc4n23)cc1. The van der Waals surface area contributed by atoms with E-state index < -0.39 is 0 Å². The zero-order valence-corrected chi connectivity index (χ0v) is 15.8. The van der Waals surface area contributed by atoms with E-state index in [9.17, 15) is 5.26 Å². The highest BCUT2D eigenvalue weighted by Crippen LogP contribution is 2.34. The highest BCUT2D eigenvalue weighted by atomic mass is 15.1. The molecule has 5 rings (SSSR count). The van der Waals surface area contributed by atoms with E-state index in [-0.39, 0.29) is 0 Å². The summed E-state index contributed by atoms with van der Waals surface area (Å²) < 4.78 is 2.31. The van der Waals surface area contributed by atoms with Gasteiger partial charge in [0.2, 0.25) is 0 Å². The molecule has 0 bridgehead atoms. The summed E-state index contributed by atoms with van der Waals surface area (Å²) in [7, 11) is 4.10. The van der Waals surface area contributed by atoms with Crippen molar-refractivity contribution in [2.24, 2.45) is 0 Å². The minimum Gasteiger partial charge on any atom is -0.378 e. The second kappa shape index (κ2) is 6.14. The Morgan fingerprint density at radius 2 is 1.57 bits per heavy atom. The second-order valence-corrected chi connectivity index (χ2v) is 7.31. The van der Waals surface area contributed by atoms with Gasteiger partial charge < -0.3 is 9.30 Å². The molecule has 0 saturated carbocycles. The van der Waals surface area contributed by atoms with E-state index in [1.54, 1.807) is 0 Å². The van der Waals surface area contributed by atoms with Crippen LogP contribution in [0.1, 0.15) is 5.56 Å². The van der Waals surface area contributed by atoms with Crippen LogP contribution in [0.5, 0.6) is 0 Å². The molecule has 2 aromatic heterocycles. The van der Waals surface area contributed by atoms with Gasteiger partial charge in [0.1, 0.15) is 0 Å². The highest BCUT2D eigenvalue weighted by molar-refractivity contribution is 6.05. The van der Waals surface area contributed by atoms with Crippen LogP contribution in [-0.2, 0) is 0 Å². The van der Waals surface area contributed by atoms with Crippen LogP contribution in [0.4, 0.5) is 5.69 Å². The van der Waals surface area contributed by atoms with Crippen LogP contribution in [0.2, 0.25) is 0 Å². The smallest absolute Gasteiger partial charge is 0.0991 e. The zero-order valence-electron chi connectivity index (χ0n) is 15.8. The lowest BCUT2D eigenvalue weighted by atomic mass is 10.1. The monoisotopic (exact) mass is 361 g/mol. The molecule has 28 heavy (non-hydrogen) atoms. The van der Waals surface area contributed by atoms with Gasteiger partial charge in [-0.05, 0) is 53.4 Å². The molecule has 3 heteroatoms. The third-order valence-corrected chi connectivity index (χ3v) is 5.38. The summed E-state index contributed by atoms with van der Waals surface area (Å²) in [5.41, 5.74) is 6.46. The summed E-state index contributed by atoms with van der Waals surface area (Å²) in [5, 5.41) is 12.8. The van der Waals surface area contributed by atoms with Crippen molar-refractivity contribution in [3.63, 3.8) is 0 Å². The molecule has 0 saturated heterocycles. The molecule has 0 amide bonds. The normalized spacial score (nSPS) is 11.2. The largest absolute Gasteiger partial charge is 0.378 e. The molecule has 0 aliphatic rings. The predicted molar refractivity (Wildman–Crippen MR) is 117 cm³/mol. The van der Waals surface area contributed by atoms with Gasteiger partial charge in [-0.2, -0.15) is 5.26 Å². The van der Waals surface area contributed by atoms with Gasteiger partial charge in [-0.25, -0.2) is 0 Å². The first-order valence-corrected chi connectivity index (χ1v) is 9.30. The van der Waals surface area contributed by atoms with Crippen LogP contribution >= 0.6 is 0 Å². The average molecular weight is 361 g/mol. The van der Waals surface area contributed by atoms with Crippen LogP contribution in [0.15, 0.2) is 78.9 Å². The molecule has 2 heterocycles. The maximum atomic E-state index is 9.29. The van der Waals surface area contributed by atoms with E-state index in [1.807, 2.05) is 18.2 Å². The van der Waals surface area contributed by atoms with Crippen molar-refractivity contribution in [3.8, 4) is 17.3 Å². The Morgan fingerprint density at radius 3 is 2.32 bits per heavy atom. The van der Waals surface area contributed by atoms with Crippen molar-refractivity contribution < 1.29 is 0 Å². The number of anilines is 1. The van der Waals surface area contributed by atoms with Crippen molar-refractivity contribution in [1.29, 1.82) is 5.26 Å². The Kier molecular flexibility index (Phi) is 3.60. The number of hydrogen-bond donors (Lipinski definition) is 0. The number of nitrogens with zero attached hydrogens (tertiary/aromatic N) is 3. The third kappa shape index (κ3) is 2.43. The van der Waals surface area contributed by atoms with Gasteiger partial charge in [0.25, 0.3) is 0 Å². The Labute approximate surface area is 163 Å². The number of fused-ring (bicyclic) bond motifs is 5. The number of benzene rings is 3. The van der Waals surface area contributed by atoms with Gasteiger partial charge in [-0.3, -0.25) is 0 Å². The van der Waals surface area contributed by atoms with Crippen molar-refractivity contribution >= 4 is 32.9 Å². The maximum Gasteiger partial charge on any atom is 0.0991 e. The molecule has 0 aliphatic carbocycles. The summed E-state index contributed by atoms with van der Waals surface area (Å²) in [6.45, 7) is 0. The molecule has 0 N–H and O–H groups in total. The second-order valence-electron chi connectivity index (χ2n) is 7.31. The molecule has 0 spiro atoms. The molecule has 3 nitrogen and oxygen atoms in total. The molecule has 134 valence electrons. The van der Waals surface area contributed by atoms with Crippen LogP contribution in [0, 0.1) is 11.3 Å². The van der Waals surface area contributed by atoms with E-state index in [1.165, 1.54) is 22.0 Å². The molecule has 0 radical (unpaired) electrons. The molecule has 0 atom stereocenters. The van der Waals surface area contributed by atoms with Crippen molar-refractivity contribution in [2.45, 2.75) is 0 Å². The number of hydrogen-bond acceptors (Lipinski definition) is 2. The first-order chi connectivity index (χ1) is 13.7. The fourth-order valence-corrected chi connectivity index (χ4v) is 3.95. The minimum absolute atomic E-state index is 0.685.